The van der Waals surface area contributed by atoms with Gasteiger partial charge in [-0.1, -0.05) is 11.6 Å². The summed E-state index contributed by atoms with van der Waals surface area (Å²) in [4.78, 5) is 22.9. The number of carbonyl (C=O) groups excluding carboxylic acids is 2. The van der Waals surface area contributed by atoms with Gasteiger partial charge in [-0.25, -0.2) is 0 Å². The fraction of sp³-hybridized carbons (Fsp3) is 0.429. The Morgan fingerprint density at radius 2 is 2.05 bits per heavy atom. The molecule has 0 unspecified atom stereocenters. The first-order chi connectivity index (χ1) is 9.97. The zero-order chi connectivity index (χ0) is 15.4. The smallest absolute Gasteiger partial charge is 0.250 e. The number of rotatable bonds is 7. The molecule has 1 aromatic carbocycles. The molecule has 0 saturated heterocycles. The molecule has 114 valence electrons. The zero-order valence-corrected chi connectivity index (χ0v) is 12.4. The summed E-state index contributed by atoms with van der Waals surface area (Å²) in [7, 11) is 0. The molecule has 0 atom stereocenters. The maximum Gasteiger partial charge on any atom is 0.250 e. The van der Waals surface area contributed by atoms with E-state index in [0.717, 1.165) is 12.8 Å². The van der Waals surface area contributed by atoms with Gasteiger partial charge in [-0.15, -0.1) is 0 Å². The molecule has 6 N–H and O–H groups in total. The van der Waals surface area contributed by atoms with Gasteiger partial charge in [0.25, 0.3) is 5.91 Å². The number of hydrogen-bond acceptors (Lipinski definition) is 4. The van der Waals surface area contributed by atoms with E-state index in [1.807, 2.05) is 0 Å². The van der Waals surface area contributed by atoms with Crippen LogP contribution >= 0.6 is 11.6 Å². The number of carbonyl (C=O) groups is 2. The number of nitrogens with two attached hydrogens (primary N) is 2. The van der Waals surface area contributed by atoms with E-state index in [9.17, 15) is 9.59 Å². The SMILES string of the molecule is NC(=O)c1cc(N)cc(Cl)c1NCCCC(=O)NC1CC1. The lowest BCUT2D eigenvalue weighted by Gasteiger charge is -2.13. The van der Waals surface area contributed by atoms with Crippen LogP contribution < -0.4 is 22.1 Å². The lowest BCUT2D eigenvalue weighted by atomic mass is 10.1. The Bertz CT molecular complexity index is 558. The number of amides is 2. The number of nitrogen functional groups attached to an aromatic ring is 1. The van der Waals surface area contributed by atoms with E-state index in [1.54, 1.807) is 6.07 Å². The molecule has 0 heterocycles. The number of primary amides is 1. The van der Waals surface area contributed by atoms with Crippen molar-refractivity contribution in [3.8, 4) is 0 Å². The molecule has 7 heteroatoms. The van der Waals surface area contributed by atoms with Crippen LogP contribution in [0.5, 0.6) is 0 Å². The summed E-state index contributed by atoms with van der Waals surface area (Å²) in [5.74, 6) is -0.545. The molecule has 0 spiro atoms. The van der Waals surface area contributed by atoms with Crippen LogP contribution in [0.4, 0.5) is 11.4 Å². The van der Waals surface area contributed by atoms with Crippen LogP contribution in [0, 0.1) is 0 Å². The quantitative estimate of drug-likeness (QED) is 0.451. The molecular weight excluding hydrogens is 292 g/mol. The van der Waals surface area contributed by atoms with Crippen molar-refractivity contribution in [3.05, 3.63) is 22.7 Å². The highest BCUT2D eigenvalue weighted by molar-refractivity contribution is 6.34. The third-order valence-electron chi connectivity index (χ3n) is 3.20. The van der Waals surface area contributed by atoms with Crippen molar-refractivity contribution in [2.45, 2.75) is 31.7 Å². The first-order valence-corrected chi connectivity index (χ1v) is 7.27. The zero-order valence-electron chi connectivity index (χ0n) is 11.6. The summed E-state index contributed by atoms with van der Waals surface area (Å²) in [6, 6.07) is 3.41. The minimum Gasteiger partial charge on any atom is -0.399 e. The third kappa shape index (κ3) is 4.53. The van der Waals surface area contributed by atoms with E-state index in [2.05, 4.69) is 10.6 Å². The monoisotopic (exact) mass is 310 g/mol. The summed E-state index contributed by atoms with van der Waals surface area (Å²) < 4.78 is 0. The molecular formula is C14H19ClN4O2. The van der Waals surface area contributed by atoms with Crippen LogP contribution in [-0.4, -0.2) is 24.4 Å². The van der Waals surface area contributed by atoms with E-state index in [4.69, 9.17) is 23.1 Å². The lowest BCUT2D eigenvalue weighted by molar-refractivity contribution is -0.121. The van der Waals surface area contributed by atoms with Crippen molar-refractivity contribution in [1.29, 1.82) is 0 Å². The number of anilines is 2. The van der Waals surface area contributed by atoms with Gasteiger partial charge < -0.3 is 22.1 Å². The van der Waals surface area contributed by atoms with Crippen molar-refractivity contribution < 1.29 is 9.59 Å². The van der Waals surface area contributed by atoms with E-state index < -0.39 is 5.91 Å². The van der Waals surface area contributed by atoms with Crippen LogP contribution in [0.15, 0.2) is 12.1 Å². The average Bonchev–Trinajstić information content (AvgIpc) is 3.19. The molecule has 0 aliphatic heterocycles. The van der Waals surface area contributed by atoms with E-state index in [-0.39, 0.29) is 11.5 Å². The van der Waals surface area contributed by atoms with Crippen LogP contribution in [0.2, 0.25) is 5.02 Å². The fourth-order valence-corrected chi connectivity index (χ4v) is 2.29. The molecule has 6 nitrogen and oxygen atoms in total. The number of nitrogens with one attached hydrogen (secondary N) is 2. The molecule has 0 radical (unpaired) electrons. The lowest BCUT2D eigenvalue weighted by Crippen LogP contribution is -2.25. The summed E-state index contributed by atoms with van der Waals surface area (Å²) >= 11 is 6.07. The Balaban J connectivity index is 1.87. The van der Waals surface area contributed by atoms with E-state index in [1.165, 1.54) is 6.07 Å². The maximum atomic E-state index is 11.5. The first-order valence-electron chi connectivity index (χ1n) is 6.89. The van der Waals surface area contributed by atoms with Crippen LogP contribution in [0.25, 0.3) is 0 Å². The molecule has 1 fully saturated rings. The van der Waals surface area contributed by atoms with Gasteiger partial charge in [0.2, 0.25) is 5.91 Å². The molecule has 2 rings (SSSR count). The highest BCUT2D eigenvalue weighted by Gasteiger charge is 2.22. The highest BCUT2D eigenvalue weighted by Crippen LogP contribution is 2.29. The Hall–Kier alpha value is -1.95. The Labute approximate surface area is 128 Å². The largest absolute Gasteiger partial charge is 0.399 e. The second-order valence-electron chi connectivity index (χ2n) is 5.16. The first kappa shape index (κ1) is 15.4. The average molecular weight is 311 g/mol. The minimum absolute atomic E-state index is 0.0535. The second-order valence-corrected chi connectivity index (χ2v) is 5.57. The van der Waals surface area contributed by atoms with Gasteiger partial charge in [0.1, 0.15) is 0 Å². The molecule has 1 aromatic rings. The van der Waals surface area contributed by atoms with Crippen molar-refractivity contribution in [2.75, 3.05) is 17.6 Å². The Kier molecular flexibility index (Phi) is 4.90. The van der Waals surface area contributed by atoms with Gasteiger partial charge in [0.15, 0.2) is 0 Å². The highest BCUT2D eigenvalue weighted by atomic mass is 35.5. The molecule has 21 heavy (non-hydrogen) atoms. The summed E-state index contributed by atoms with van der Waals surface area (Å²) in [5.41, 5.74) is 12.0. The molecule has 0 bridgehead atoms. The number of benzene rings is 1. The summed E-state index contributed by atoms with van der Waals surface area (Å²) in [6.07, 6.45) is 3.22. The van der Waals surface area contributed by atoms with Crippen molar-refractivity contribution in [3.63, 3.8) is 0 Å². The molecule has 2 amide bonds. The predicted octanol–water partition coefficient (Wildman–Crippen LogP) is 1.49. The van der Waals surface area contributed by atoms with Gasteiger partial charge >= 0.3 is 0 Å². The third-order valence-corrected chi connectivity index (χ3v) is 3.50. The van der Waals surface area contributed by atoms with Crippen LogP contribution in [0.1, 0.15) is 36.0 Å². The van der Waals surface area contributed by atoms with Gasteiger partial charge in [0.05, 0.1) is 16.3 Å². The molecule has 0 aromatic heterocycles. The van der Waals surface area contributed by atoms with Crippen LogP contribution in [-0.2, 0) is 4.79 Å². The molecule has 1 aliphatic carbocycles. The number of halogens is 1. The summed E-state index contributed by atoms with van der Waals surface area (Å²) in [6.45, 7) is 0.516. The normalized spacial score (nSPS) is 13.8. The minimum atomic E-state index is -0.599. The van der Waals surface area contributed by atoms with Crippen molar-refractivity contribution in [1.82, 2.24) is 5.32 Å². The number of hydrogen-bond donors (Lipinski definition) is 4. The van der Waals surface area contributed by atoms with Crippen LogP contribution in [0.3, 0.4) is 0 Å². The van der Waals surface area contributed by atoms with Crippen molar-refractivity contribution >= 4 is 34.8 Å². The van der Waals surface area contributed by atoms with Gasteiger partial charge in [0, 0.05) is 24.7 Å². The molecule has 1 saturated carbocycles. The second kappa shape index (κ2) is 6.67. The van der Waals surface area contributed by atoms with E-state index in [0.29, 0.717) is 41.8 Å². The van der Waals surface area contributed by atoms with Crippen molar-refractivity contribution in [2.24, 2.45) is 5.73 Å². The Morgan fingerprint density at radius 1 is 1.33 bits per heavy atom. The Morgan fingerprint density at radius 3 is 2.67 bits per heavy atom. The maximum absolute atomic E-state index is 11.5. The predicted molar refractivity (Wildman–Crippen MR) is 83.3 cm³/mol. The summed E-state index contributed by atoms with van der Waals surface area (Å²) in [5, 5.41) is 6.30. The molecule has 1 aliphatic rings. The fourth-order valence-electron chi connectivity index (χ4n) is 1.99. The van der Waals surface area contributed by atoms with E-state index >= 15 is 0 Å². The van der Waals surface area contributed by atoms with Gasteiger partial charge in [-0.05, 0) is 31.4 Å². The standard InChI is InChI=1S/C14H19ClN4O2/c15-11-7-8(16)6-10(14(17)21)13(11)18-5-1-2-12(20)19-9-3-4-9/h6-7,9,18H,1-5,16H2,(H2,17,21)(H,19,20). The van der Waals surface area contributed by atoms with Gasteiger partial charge in [-0.3, -0.25) is 9.59 Å². The van der Waals surface area contributed by atoms with Gasteiger partial charge in [-0.2, -0.15) is 0 Å². The topological polar surface area (TPSA) is 110 Å².